The largest absolute Gasteiger partial charge is 0.483 e. The molecule has 0 fully saturated rings. The fraction of sp³-hybridized carbons (Fsp3) is 0.182. The van der Waals surface area contributed by atoms with E-state index in [9.17, 15) is 22.8 Å². The summed E-state index contributed by atoms with van der Waals surface area (Å²) in [4.78, 5) is 26.3. The van der Waals surface area contributed by atoms with Crippen molar-refractivity contribution in [1.82, 2.24) is 4.90 Å². The maximum atomic E-state index is 14.9. The lowest BCUT2D eigenvalue weighted by Crippen LogP contribution is -2.21. The summed E-state index contributed by atoms with van der Waals surface area (Å²) in [6, 6.07) is 8.81. The summed E-state index contributed by atoms with van der Waals surface area (Å²) < 4.78 is 53.1. The number of carbonyl (C=O) groups is 2. The van der Waals surface area contributed by atoms with Gasteiger partial charge in [-0.25, -0.2) is 13.6 Å². The molecule has 0 unspecified atom stereocenters. The number of Topliss-reactive ketones (excluding diaryl/α,β-unsaturated/α-hetero) is 1. The molecule has 0 aliphatic rings. The summed E-state index contributed by atoms with van der Waals surface area (Å²) >= 11 is 0. The third-order valence-corrected chi connectivity index (χ3v) is 3.77. The van der Waals surface area contributed by atoms with Crippen LogP contribution < -0.4 is 4.74 Å². The minimum atomic E-state index is -1.58. The fourth-order valence-corrected chi connectivity index (χ4v) is 2.42. The number of carbonyl (C=O) groups excluding carboxylic acids is 2. The van der Waals surface area contributed by atoms with Crippen molar-refractivity contribution in [3.63, 3.8) is 0 Å². The summed E-state index contributed by atoms with van der Waals surface area (Å²) in [5.74, 6) is -7.79. The molecule has 8 heteroatoms. The molecular formula is C22H20F3NO4. The van der Waals surface area contributed by atoms with Gasteiger partial charge < -0.3 is 14.4 Å². The van der Waals surface area contributed by atoms with Gasteiger partial charge in [0.25, 0.3) is 0 Å². The molecule has 2 rings (SSSR count). The van der Waals surface area contributed by atoms with Crippen LogP contribution in [0.4, 0.5) is 13.2 Å². The van der Waals surface area contributed by atoms with E-state index >= 15 is 0 Å². The number of ether oxygens (including phenoxy) is 2. The molecule has 0 saturated carbocycles. The molecule has 0 radical (unpaired) electrons. The predicted molar refractivity (Wildman–Crippen MR) is 104 cm³/mol. The number of nitrogens with zero attached hydrogens (tertiary/aromatic N) is 1. The van der Waals surface area contributed by atoms with E-state index in [1.165, 1.54) is 25.1 Å². The molecule has 2 aromatic rings. The van der Waals surface area contributed by atoms with Gasteiger partial charge in [-0.1, -0.05) is 43.0 Å². The van der Waals surface area contributed by atoms with Crippen LogP contribution in [-0.2, 0) is 16.1 Å². The Labute approximate surface area is 172 Å². The summed E-state index contributed by atoms with van der Waals surface area (Å²) in [6.45, 7) is 2.94. The van der Waals surface area contributed by atoms with E-state index in [2.05, 4.69) is 6.58 Å². The van der Waals surface area contributed by atoms with Crippen LogP contribution in [0.1, 0.15) is 15.9 Å². The molecule has 0 heterocycles. The molecule has 0 amide bonds. The molecule has 0 aromatic heterocycles. The van der Waals surface area contributed by atoms with Crippen molar-refractivity contribution in [1.29, 1.82) is 0 Å². The quantitative estimate of drug-likeness (QED) is 0.117. The molecule has 5 nitrogen and oxygen atoms in total. The van der Waals surface area contributed by atoms with Gasteiger partial charge in [0, 0.05) is 20.3 Å². The molecule has 0 spiro atoms. The predicted octanol–water partition coefficient (Wildman–Crippen LogP) is 4.04. The lowest BCUT2D eigenvalue weighted by molar-refractivity contribution is -0.137. The molecule has 0 N–H and O–H groups in total. The van der Waals surface area contributed by atoms with Gasteiger partial charge in [-0.05, 0) is 11.6 Å². The van der Waals surface area contributed by atoms with E-state index in [-0.39, 0.29) is 13.2 Å². The molecule has 2 aromatic carbocycles. The van der Waals surface area contributed by atoms with Crippen LogP contribution >= 0.6 is 0 Å². The number of halogens is 3. The Kier molecular flexibility index (Phi) is 7.80. The smallest absolute Gasteiger partial charge is 0.343 e. The Balaban J connectivity index is 2.43. The van der Waals surface area contributed by atoms with Crippen LogP contribution in [0.25, 0.3) is 0 Å². The molecular weight excluding hydrogens is 399 g/mol. The highest BCUT2D eigenvalue weighted by molar-refractivity contribution is 6.24. The molecule has 30 heavy (non-hydrogen) atoms. The maximum absolute atomic E-state index is 14.9. The number of esters is 1. The number of benzene rings is 2. The Hall–Kier alpha value is -3.55. The van der Waals surface area contributed by atoms with Crippen molar-refractivity contribution < 1.29 is 32.2 Å². The third kappa shape index (κ3) is 5.50. The Morgan fingerprint density at radius 1 is 1.10 bits per heavy atom. The van der Waals surface area contributed by atoms with E-state index < -0.39 is 46.1 Å². The van der Waals surface area contributed by atoms with Crippen LogP contribution in [0.3, 0.4) is 0 Å². The van der Waals surface area contributed by atoms with Gasteiger partial charge in [0.1, 0.15) is 18.8 Å². The molecule has 158 valence electrons. The first-order valence-electron chi connectivity index (χ1n) is 8.81. The number of hydrogen-bond donors (Lipinski definition) is 0. The van der Waals surface area contributed by atoms with Crippen molar-refractivity contribution in [3.8, 4) is 5.75 Å². The van der Waals surface area contributed by atoms with Gasteiger partial charge in [0.05, 0.1) is 5.56 Å². The Morgan fingerprint density at radius 3 is 2.37 bits per heavy atom. The molecule has 0 aliphatic heterocycles. The fourth-order valence-electron chi connectivity index (χ4n) is 2.42. The highest BCUT2D eigenvalue weighted by Crippen LogP contribution is 2.29. The molecule has 0 saturated heterocycles. The topological polar surface area (TPSA) is 55.8 Å². The monoisotopic (exact) mass is 419 g/mol. The van der Waals surface area contributed by atoms with E-state index in [1.54, 1.807) is 30.3 Å². The summed E-state index contributed by atoms with van der Waals surface area (Å²) in [5, 5.41) is 0. The van der Waals surface area contributed by atoms with Crippen molar-refractivity contribution in [2.75, 3.05) is 20.7 Å². The second kappa shape index (κ2) is 10.3. The first-order valence-corrected chi connectivity index (χ1v) is 8.81. The summed E-state index contributed by atoms with van der Waals surface area (Å²) in [5.41, 5.74) is -0.851. The van der Waals surface area contributed by atoms with Crippen LogP contribution in [-0.4, -0.2) is 37.4 Å². The van der Waals surface area contributed by atoms with Crippen LogP contribution in [0.5, 0.6) is 5.75 Å². The average Bonchev–Trinajstić information content (AvgIpc) is 2.73. The van der Waals surface area contributed by atoms with Gasteiger partial charge in [-0.3, -0.25) is 4.79 Å². The molecule has 0 bridgehead atoms. The minimum absolute atomic E-state index is 0.192. The second-order valence-electron chi connectivity index (χ2n) is 6.36. The van der Waals surface area contributed by atoms with Crippen molar-refractivity contribution >= 4 is 11.8 Å². The lowest BCUT2D eigenvalue weighted by atomic mass is 10.0. The van der Waals surface area contributed by atoms with Crippen molar-refractivity contribution in [2.24, 2.45) is 0 Å². The minimum Gasteiger partial charge on any atom is -0.483 e. The van der Waals surface area contributed by atoms with E-state index in [4.69, 9.17) is 9.47 Å². The van der Waals surface area contributed by atoms with Crippen LogP contribution in [0.2, 0.25) is 0 Å². The van der Waals surface area contributed by atoms with E-state index in [0.29, 0.717) is 11.6 Å². The lowest BCUT2D eigenvalue weighted by Gasteiger charge is -2.14. The second-order valence-corrected chi connectivity index (χ2v) is 6.36. The van der Waals surface area contributed by atoms with Gasteiger partial charge in [0.2, 0.25) is 11.6 Å². The van der Waals surface area contributed by atoms with Gasteiger partial charge in [-0.15, -0.1) is 0 Å². The highest BCUT2D eigenvalue weighted by atomic mass is 19.2. The average molecular weight is 419 g/mol. The molecule has 0 atom stereocenters. The van der Waals surface area contributed by atoms with Gasteiger partial charge in [0.15, 0.2) is 17.4 Å². The summed E-state index contributed by atoms with van der Waals surface area (Å²) in [6.07, 6.45) is 2.38. The zero-order valence-corrected chi connectivity index (χ0v) is 16.5. The third-order valence-electron chi connectivity index (χ3n) is 3.77. The Bertz CT molecular complexity index is 972. The molecule has 0 aliphatic carbocycles. The van der Waals surface area contributed by atoms with Gasteiger partial charge in [-0.2, -0.15) is 4.39 Å². The standard InChI is InChI=1S/C22H20F3NO4/c1-4-10-29-22(28)16(12-26(2)3)20(27)15-11-17(23)19(25)21(18(15)24)30-13-14-8-6-5-7-9-14/h4-9,11-12H,1,10,13H2,2-3H3. The van der Waals surface area contributed by atoms with Crippen molar-refractivity contribution in [2.45, 2.75) is 6.61 Å². The number of rotatable bonds is 9. The summed E-state index contributed by atoms with van der Waals surface area (Å²) in [7, 11) is 3.04. The zero-order valence-electron chi connectivity index (χ0n) is 16.5. The number of hydrogen-bond acceptors (Lipinski definition) is 5. The first-order chi connectivity index (χ1) is 14.3. The maximum Gasteiger partial charge on any atom is 0.343 e. The van der Waals surface area contributed by atoms with Crippen LogP contribution in [0, 0.1) is 17.5 Å². The zero-order chi connectivity index (χ0) is 22.3. The van der Waals surface area contributed by atoms with Crippen LogP contribution in [0.15, 0.2) is 60.8 Å². The Morgan fingerprint density at radius 2 is 1.77 bits per heavy atom. The van der Waals surface area contributed by atoms with E-state index in [0.717, 1.165) is 6.20 Å². The van der Waals surface area contributed by atoms with Gasteiger partial charge >= 0.3 is 5.97 Å². The van der Waals surface area contributed by atoms with Crippen molar-refractivity contribution in [3.05, 3.63) is 89.4 Å². The first kappa shape index (κ1) is 22.7. The SMILES string of the molecule is C=CCOC(=O)C(=CN(C)C)C(=O)c1cc(F)c(F)c(OCc2ccccc2)c1F. The normalized spacial score (nSPS) is 11.0. The number of ketones is 1. The highest BCUT2D eigenvalue weighted by Gasteiger charge is 2.29. The van der Waals surface area contributed by atoms with E-state index in [1.807, 2.05) is 0 Å².